The van der Waals surface area contributed by atoms with Crippen molar-refractivity contribution in [2.45, 2.75) is 18.7 Å². The molecule has 0 saturated heterocycles. The van der Waals surface area contributed by atoms with E-state index in [4.69, 9.17) is 21.4 Å². The third-order valence-electron chi connectivity index (χ3n) is 1.88. The van der Waals surface area contributed by atoms with E-state index in [1.54, 1.807) is 0 Å². The van der Waals surface area contributed by atoms with E-state index < -0.39 is 5.97 Å². The second-order valence-electron chi connectivity index (χ2n) is 3.12. The van der Waals surface area contributed by atoms with E-state index in [2.05, 4.69) is 0 Å². The second-order valence-corrected chi connectivity index (χ2v) is 3.39. The number of halogens is 1. The minimum atomic E-state index is -0.795. The summed E-state index contributed by atoms with van der Waals surface area (Å²) in [5.41, 5.74) is 1.04. The van der Waals surface area contributed by atoms with Gasteiger partial charge < -0.3 is 9.84 Å². The lowest BCUT2D eigenvalue weighted by molar-refractivity contribution is -0.137. The molecular weight excluding hydrogens is 216 g/mol. The number of benzene rings is 1. The van der Waals surface area contributed by atoms with Crippen LogP contribution in [0.4, 0.5) is 0 Å². The molecule has 3 nitrogen and oxygen atoms in total. The first-order chi connectivity index (χ1) is 7.22. The lowest BCUT2D eigenvalue weighted by atomic mass is 10.2. The van der Waals surface area contributed by atoms with E-state index in [-0.39, 0.29) is 6.42 Å². The third-order valence-corrected chi connectivity index (χ3v) is 2.19. The molecule has 15 heavy (non-hydrogen) atoms. The number of aliphatic carboxylic acids is 1. The molecule has 1 rings (SSSR count). The number of hydrogen-bond donors (Lipinski definition) is 1. The van der Waals surface area contributed by atoms with Crippen molar-refractivity contribution in [1.82, 2.24) is 0 Å². The molecule has 0 saturated carbocycles. The van der Waals surface area contributed by atoms with E-state index >= 15 is 0 Å². The van der Waals surface area contributed by atoms with E-state index in [9.17, 15) is 4.79 Å². The molecule has 4 heteroatoms. The summed E-state index contributed by atoms with van der Waals surface area (Å²) in [5.74, 6) is 0.435. The molecule has 0 atom stereocenters. The Morgan fingerprint density at radius 3 is 2.53 bits per heavy atom. The topological polar surface area (TPSA) is 46.5 Å². The van der Waals surface area contributed by atoms with Crippen molar-refractivity contribution >= 4 is 17.6 Å². The van der Waals surface area contributed by atoms with Crippen LogP contribution < -0.4 is 4.74 Å². The molecule has 0 radical (unpaired) electrons. The van der Waals surface area contributed by atoms with Crippen LogP contribution in [0.3, 0.4) is 0 Å². The Morgan fingerprint density at radius 2 is 2.00 bits per heavy atom. The van der Waals surface area contributed by atoms with E-state index in [0.29, 0.717) is 18.9 Å². The molecule has 0 bridgehead atoms. The Kier molecular flexibility index (Phi) is 4.98. The van der Waals surface area contributed by atoms with Crippen molar-refractivity contribution in [3.63, 3.8) is 0 Å². The second kappa shape index (κ2) is 6.30. The zero-order valence-electron chi connectivity index (χ0n) is 8.28. The van der Waals surface area contributed by atoms with Crippen molar-refractivity contribution in [2.24, 2.45) is 0 Å². The van der Waals surface area contributed by atoms with Crippen molar-refractivity contribution in [3.05, 3.63) is 29.8 Å². The zero-order chi connectivity index (χ0) is 11.1. The van der Waals surface area contributed by atoms with Gasteiger partial charge in [-0.3, -0.25) is 4.79 Å². The summed E-state index contributed by atoms with van der Waals surface area (Å²) in [6, 6.07) is 7.44. The summed E-state index contributed by atoms with van der Waals surface area (Å²) in [4.78, 5) is 10.2. The van der Waals surface area contributed by atoms with Crippen LogP contribution in [-0.4, -0.2) is 17.7 Å². The predicted molar refractivity (Wildman–Crippen MR) is 58.4 cm³/mol. The van der Waals surface area contributed by atoms with Crippen LogP contribution in [0.25, 0.3) is 0 Å². The molecule has 0 spiro atoms. The van der Waals surface area contributed by atoms with Crippen LogP contribution in [0.15, 0.2) is 24.3 Å². The summed E-state index contributed by atoms with van der Waals surface area (Å²) < 4.78 is 5.35. The summed E-state index contributed by atoms with van der Waals surface area (Å²) in [6.07, 6.45) is 0.659. The predicted octanol–water partition coefficient (Wildman–Crippen LogP) is 2.67. The molecule has 0 aliphatic heterocycles. The number of carboxylic acids is 1. The Morgan fingerprint density at radius 1 is 1.33 bits per heavy atom. The van der Waals surface area contributed by atoms with Crippen molar-refractivity contribution in [3.8, 4) is 5.75 Å². The largest absolute Gasteiger partial charge is 0.494 e. The fraction of sp³-hybridized carbons (Fsp3) is 0.364. The quantitative estimate of drug-likeness (QED) is 0.602. The van der Waals surface area contributed by atoms with Crippen molar-refractivity contribution < 1.29 is 14.6 Å². The van der Waals surface area contributed by atoms with Gasteiger partial charge in [0.25, 0.3) is 0 Å². The van der Waals surface area contributed by atoms with Crippen LogP contribution >= 0.6 is 11.6 Å². The average molecular weight is 229 g/mol. The number of alkyl halides is 1. The van der Waals surface area contributed by atoms with Crippen LogP contribution in [-0.2, 0) is 10.7 Å². The van der Waals surface area contributed by atoms with Gasteiger partial charge in [-0.15, -0.1) is 11.6 Å². The number of carbonyl (C=O) groups is 1. The van der Waals surface area contributed by atoms with E-state index in [0.717, 1.165) is 11.3 Å². The molecule has 1 N–H and O–H groups in total. The molecule has 0 aliphatic carbocycles. The highest BCUT2D eigenvalue weighted by molar-refractivity contribution is 6.17. The van der Waals surface area contributed by atoms with Gasteiger partial charge in [0.15, 0.2) is 0 Å². The smallest absolute Gasteiger partial charge is 0.303 e. The lowest BCUT2D eigenvalue weighted by Gasteiger charge is -2.05. The van der Waals surface area contributed by atoms with Crippen molar-refractivity contribution in [2.75, 3.05) is 6.61 Å². The monoisotopic (exact) mass is 228 g/mol. The summed E-state index contributed by atoms with van der Waals surface area (Å²) >= 11 is 5.63. The molecule has 0 fully saturated rings. The maximum absolute atomic E-state index is 10.2. The zero-order valence-corrected chi connectivity index (χ0v) is 9.04. The molecular formula is C11H13ClO3. The highest BCUT2D eigenvalue weighted by atomic mass is 35.5. The minimum Gasteiger partial charge on any atom is -0.494 e. The average Bonchev–Trinajstić information content (AvgIpc) is 2.25. The molecule has 82 valence electrons. The number of hydrogen-bond acceptors (Lipinski definition) is 2. The molecule has 0 heterocycles. The fourth-order valence-corrected chi connectivity index (χ4v) is 1.27. The van der Waals surface area contributed by atoms with Crippen LogP contribution in [0.5, 0.6) is 5.75 Å². The number of rotatable bonds is 6. The first kappa shape index (κ1) is 11.9. The highest BCUT2D eigenvalue weighted by Crippen LogP contribution is 2.13. The molecule has 1 aromatic carbocycles. The summed E-state index contributed by atoms with van der Waals surface area (Å²) in [7, 11) is 0. The van der Waals surface area contributed by atoms with E-state index in [1.807, 2.05) is 24.3 Å². The lowest BCUT2D eigenvalue weighted by Crippen LogP contribution is -2.01. The molecule has 1 aromatic rings. The van der Waals surface area contributed by atoms with E-state index in [1.165, 1.54) is 0 Å². The minimum absolute atomic E-state index is 0.139. The maximum atomic E-state index is 10.2. The van der Waals surface area contributed by atoms with Crippen LogP contribution in [0.2, 0.25) is 0 Å². The van der Waals surface area contributed by atoms with Crippen LogP contribution in [0.1, 0.15) is 18.4 Å². The Bertz CT molecular complexity index is 308. The van der Waals surface area contributed by atoms with Gasteiger partial charge in [-0.05, 0) is 24.1 Å². The van der Waals surface area contributed by atoms with Gasteiger partial charge in [0.2, 0.25) is 0 Å². The van der Waals surface area contributed by atoms with Gasteiger partial charge in [0.05, 0.1) is 6.61 Å². The van der Waals surface area contributed by atoms with Gasteiger partial charge in [-0.2, -0.15) is 0 Å². The first-order valence-corrected chi connectivity index (χ1v) is 5.25. The number of carboxylic acid groups (broad SMARTS) is 1. The molecule has 0 aromatic heterocycles. The number of ether oxygens (including phenoxy) is 1. The first-order valence-electron chi connectivity index (χ1n) is 4.72. The Labute approximate surface area is 93.6 Å². The standard InChI is InChI=1S/C11H13ClO3/c12-8-9-3-5-10(6-4-9)15-7-1-2-11(13)14/h3-6H,1-2,7-8H2,(H,13,14). The van der Waals surface area contributed by atoms with Crippen LogP contribution in [0, 0.1) is 0 Å². The van der Waals surface area contributed by atoms with Crippen molar-refractivity contribution in [1.29, 1.82) is 0 Å². The highest BCUT2D eigenvalue weighted by Gasteiger charge is 1.98. The SMILES string of the molecule is O=C(O)CCCOc1ccc(CCl)cc1. The summed E-state index contributed by atoms with van der Waals surface area (Å²) in [6.45, 7) is 0.423. The van der Waals surface area contributed by atoms with Gasteiger partial charge in [0.1, 0.15) is 5.75 Å². The Balaban J connectivity index is 2.28. The normalized spacial score (nSPS) is 9.93. The maximum Gasteiger partial charge on any atom is 0.303 e. The van der Waals surface area contributed by atoms with Gasteiger partial charge in [-0.25, -0.2) is 0 Å². The fourth-order valence-electron chi connectivity index (χ4n) is 1.09. The molecule has 0 unspecified atom stereocenters. The van der Waals surface area contributed by atoms with Gasteiger partial charge in [0, 0.05) is 12.3 Å². The van der Waals surface area contributed by atoms with Gasteiger partial charge >= 0.3 is 5.97 Å². The molecule has 0 aliphatic rings. The Hall–Kier alpha value is -1.22. The van der Waals surface area contributed by atoms with Gasteiger partial charge in [-0.1, -0.05) is 12.1 Å². The molecule has 0 amide bonds. The third kappa shape index (κ3) is 4.70. The summed E-state index contributed by atoms with van der Waals surface area (Å²) in [5, 5.41) is 8.41.